The fraction of sp³-hybridized carbons (Fsp3) is 0.429. The third-order valence-electron chi connectivity index (χ3n) is 3.57. The van der Waals surface area contributed by atoms with Crippen LogP contribution in [0.25, 0.3) is 0 Å². The molecule has 1 atom stereocenters. The zero-order valence-corrected chi connectivity index (χ0v) is 12.3. The van der Waals surface area contributed by atoms with Gasteiger partial charge in [0.1, 0.15) is 0 Å². The van der Waals surface area contributed by atoms with Crippen LogP contribution in [0.4, 0.5) is 5.69 Å². The van der Waals surface area contributed by atoms with E-state index < -0.39 is 0 Å². The smallest absolute Gasteiger partial charge is 0.231 e. The van der Waals surface area contributed by atoms with Crippen molar-refractivity contribution in [3.05, 3.63) is 41.5 Å². The van der Waals surface area contributed by atoms with Gasteiger partial charge >= 0.3 is 0 Å². The Morgan fingerprint density at radius 3 is 3.10 bits per heavy atom. The van der Waals surface area contributed by atoms with Crippen molar-refractivity contribution in [2.45, 2.75) is 12.5 Å². The molecule has 0 spiro atoms. The van der Waals surface area contributed by atoms with Gasteiger partial charge in [0.25, 0.3) is 0 Å². The Labute approximate surface area is 122 Å². The lowest BCUT2D eigenvalue weighted by Crippen LogP contribution is -2.33. The molecule has 0 bridgehead atoms. The number of aromatic nitrogens is 2. The van der Waals surface area contributed by atoms with Gasteiger partial charge in [0.15, 0.2) is 5.82 Å². The quantitative estimate of drug-likeness (QED) is 0.872. The monoisotopic (exact) mass is 290 g/mol. The van der Waals surface area contributed by atoms with Crippen molar-refractivity contribution in [2.75, 3.05) is 30.8 Å². The minimum absolute atomic E-state index is 0.249. The van der Waals surface area contributed by atoms with Gasteiger partial charge in [-0.3, -0.25) is 4.90 Å². The van der Waals surface area contributed by atoms with Crippen LogP contribution in [0.1, 0.15) is 23.3 Å². The van der Waals surface area contributed by atoms with Crippen LogP contribution >= 0.6 is 11.8 Å². The molecule has 0 saturated carbocycles. The van der Waals surface area contributed by atoms with Gasteiger partial charge in [0.05, 0.1) is 12.5 Å². The van der Waals surface area contributed by atoms with Crippen LogP contribution in [0.3, 0.4) is 0 Å². The molecule has 2 heterocycles. The van der Waals surface area contributed by atoms with Gasteiger partial charge in [0, 0.05) is 23.7 Å². The molecule has 2 aromatic rings. The van der Waals surface area contributed by atoms with E-state index >= 15 is 0 Å². The summed E-state index contributed by atoms with van der Waals surface area (Å²) in [6, 6.07) is 8.01. The number of thioether (sulfide) groups is 1. The minimum Gasteiger partial charge on any atom is -0.398 e. The lowest BCUT2D eigenvalue weighted by Gasteiger charge is -2.29. The van der Waals surface area contributed by atoms with E-state index in [4.69, 9.17) is 10.3 Å². The SMILES string of the molecule is CN1CCSCC1c1noc(Cc2ccccc2N)n1. The summed E-state index contributed by atoms with van der Waals surface area (Å²) in [6.07, 6.45) is 0.587. The van der Waals surface area contributed by atoms with Gasteiger partial charge in [0.2, 0.25) is 5.89 Å². The number of hydrogen-bond donors (Lipinski definition) is 1. The summed E-state index contributed by atoms with van der Waals surface area (Å²) in [4.78, 5) is 6.81. The molecule has 2 N–H and O–H groups in total. The summed E-state index contributed by atoms with van der Waals surface area (Å²) in [5, 5.41) is 4.13. The lowest BCUT2D eigenvalue weighted by molar-refractivity contribution is 0.256. The van der Waals surface area contributed by atoms with E-state index in [9.17, 15) is 0 Å². The Bertz CT molecular complexity index is 586. The molecule has 0 radical (unpaired) electrons. The molecule has 1 aliphatic heterocycles. The van der Waals surface area contributed by atoms with Crippen LogP contribution in [0.5, 0.6) is 0 Å². The van der Waals surface area contributed by atoms with E-state index in [1.807, 2.05) is 36.0 Å². The number of nitrogens with zero attached hydrogens (tertiary/aromatic N) is 3. The first-order valence-corrected chi connectivity index (χ1v) is 7.83. The first kappa shape index (κ1) is 13.5. The van der Waals surface area contributed by atoms with Crippen molar-refractivity contribution in [2.24, 2.45) is 0 Å². The Hall–Kier alpha value is -1.53. The number of anilines is 1. The van der Waals surface area contributed by atoms with E-state index in [0.29, 0.717) is 12.3 Å². The maximum atomic E-state index is 5.94. The van der Waals surface area contributed by atoms with Crippen LogP contribution < -0.4 is 5.73 Å². The zero-order valence-electron chi connectivity index (χ0n) is 11.5. The maximum absolute atomic E-state index is 5.94. The number of para-hydroxylation sites is 1. The fourth-order valence-electron chi connectivity index (χ4n) is 2.29. The normalized spacial score (nSPS) is 20.1. The van der Waals surface area contributed by atoms with Gasteiger partial charge in [-0.05, 0) is 18.7 Å². The number of benzene rings is 1. The Balaban J connectivity index is 1.75. The van der Waals surface area contributed by atoms with E-state index in [0.717, 1.165) is 35.1 Å². The highest BCUT2D eigenvalue weighted by Crippen LogP contribution is 2.26. The van der Waals surface area contributed by atoms with Crippen LogP contribution in [-0.2, 0) is 6.42 Å². The zero-order chi connectivity index (χ0) is 13.9. The van der Waals surface area contributed by atoms with E-state index in [2.05, 4.69) is 22.1 Å². The summed E-state index contributed by atoms with van der Waals surface area (Å²) in [6.45, 7) is 1.06. The second-order valence-electron chi connectivity index (χ2n) is 4.99. The predicted molar refractivity (Wildman–Crippen MR) is 80.7 cm³/mol. The first-order valence-electron chi connectivity index (χ1n) is 6.68. The number of hydrogen-bond acceptors (Lipinski definition) is 6. The number of nitrogen functional groups attached to an aromatic ring is 1. The molecular weight excluding hydrogens is 272 g/mol. The molecule has 1 aromatic heterocycles. The molecule has 1 unspecified atom stereocenters. The fourth-order valence-corrected chi connectivity index (χ4v) is 3.50. The second kappa shape index (κ2) is 5.85. The van der Waals surface area contributed by atoms with E-state index in [1.54, 1.807) is 0 Å². The highest BCUT2D eigenvalue weighted by molar-refractivity contribution is 7.99. The van der Waals surface area contributed by atoms with Crippen molar-refractivity contribution < 1.29 is 4.52 Å². The van der Waals surface area contributed by atoms with E-state index in [-0.39, 0.29) is 6.04 Å². The molecule has 1 saturated heterocycles. The molecule has 0 amide bonds. The first-order chi connectivity index (χ1) is 9.74. The average molecular weight is 290 g/mol. The van der Waals surface area contributed by atoms with Crippen molar-refractivity contribution in [3.8, 4) is 0 Å². The molecule has 1 aliphatic rings. The number of nitrogens with two attached hydrogens (primary N) is 1. The van der Waals surface area contributed by atoms with E-state index in [1.165, 1.54) is 0 Å². The molecule has 1 aromatic carbocycles. The highest BCUT2D eigenvalue weighted by atomic mass is 32.2. The van der Waals surface area contributed by atoms with Crippen LogP contribution in [0, 0.1) is 0 Å². The van der Waals surface area contributed by atoms with Crippen molar-refractivity contribution in [1.29, 1.82) is 0 Å². The summed E-state index contributed by atoms with van der Waals surface area (Å²) >= 11 is 1.93. The van der Waals surface area contributed by atoms with Crippen molar-refractivity contribution in [3.63, 3.8) is 0 Å². The van der Waals surface area contributed by atoms with Crippen LogP contribution in [-0.4, -0.2) is 40.1 Å². The molecule has 6 heteroatoms. The van der Waals surface area contributed by atoms with Gasteiger partial charge in [-0.25, -0.2) is 0 Å². The molecule has 5 nitrogen and oxygen atoms in total. The largest absolute Gasteiger partial charge is 0.398 e. The molecule has 0 aliphatic carbocycles. The topological polar surface area (TPSA) is 68.2 Å². The predicted octanol–water partition coefficient (Wildman–Crippen LogP) is 1.96. The Kier molecular flexibility index (Phi) is 3.93. The Morgan fingerprint density at radius 2 is 2.30 bits per heavy atom. The summed E-state index contributed by atoms with van der Waals surface area (Å²) in [5.74, 6) is 3.59. The van der Waals surface area contributed by atoms with Gasteiger partial charge in [-0.1, -0.05) is 23.4 Å². The van der Waals surface area contributed by atoms with Gasteiger partial charge in [-0.15, -0.1) is 0 Å². The van der Waals surface area contributed by atoms with Crippen LogP contribution in [0.15, 0.2) is 28.8 Å². The van der Waals surface area contributed by atoms with Gasteiger partial charge < -0.3 is 10.3 Å². The van der Waals surface area contributed by atoms with Gasteiger partial charge in [-0.2, -0.15) is 16.7 Å². The van der Waals surface area contributed by atoms with Crippen molar-refractivity contribution >= 4 is 17.4 Å². The summed E-state index contributed by atoms with van der Waals surface area (Å²) < 4.78 is 5.37. The molecule has 20 heavy (non-hydrogen) atoms. The summed E-state index contributed by atoms with van der Waals surface area (Å²) in [7, 11) is 2.11. The third kappa shape index (κ3) is 2.81. The minimum atomic E-state index is 0.249. The van der Waals surface area contributed by atoms with Crippen molar-refractivity contribution in [1.82, 2.24) is 15.0 Å². The lowest BCUT2D eigenvalue weighted by atomic mass is 10.1. The third-order valence-corrected chi connectivity index (χ3v) is 4.60. The van der Waals surface area contributed by atoms with Crippen LogP contribution in [0.2, 0.25) is 0 Å². The second-order valence-corrected chi connectivity index (χ2v) is 6.14. The molecule has 1 fully saturated rings. The molecule has 106 valence electrons. The molecule has 3 rings (SSSR count). The average Bonchev–Trinajstić information content (AvgIpc) is 2.90. The standard InChI is InChI=1S/C14H18N4OS/c1-18-6-7-20-9-12(18)14-16-13(19-17-14)8-10-4-2-3-5-11(10)15/h2-5,12H,6-9,15H2,1H3. The maximum Gasteiger partial charge on any atom is 0.231 e. The summed E-state index contributed by atoms with van der Waals surface area (Å²) in [5.41, 5.74) is 7.72. The highest BCUT2D eigenvalue weighted by Gasteiger charge is 2.25. The molecular formula is C14H18N4OS. The number of rotatable bonds is 3. The Morgan fingerprint density at radius 1 is 1.45 bits per heavy atom.